The Balaban J connectivity index is 1.76. The summed E-state index contributed by atoms with van der Waals surface area (Å²) in [5.41, 5.74) is 2.23. The van der Waals surface area contributed by atoms with Gasteiger partial charge in [-0.3, -0.25) is 4.99 Å². The highest BCUT2D eigenvalue weighted by Crippen LogP contribution is 2.53. The number of benzene rings is 3. The van der Waals surface area contributed by atoms with E-state index in [2.05, 4.69) is 67.0 Å². The van der Waals surface area contributed by atoms with Crippen LogP contribution >= 0.6 is 0 Å². The van der Waals surface area contributed by atoms with Crippen LogP contribution in [0.4, 0.5) is 11.4 Å². The number of aromatic nitrogens is 1. The van der Waals surface area contributed by atoms with E-state index in [1.54, 1.807) is 6.07 Å². The van der Waals surface area contributed by atoms with Gasteiger partial charge in [0.05, 0.1) is 6.21 Å². The Labute approximate surface area is 176 Å². The van der Waals surface area contributed by atoms with Gasteiger partial charge in [0, 0.05) is 35.9 Å². The first-order chi connectivity index (χ1) is 14.5. The third-order valence-electron chi connectivity index (χ3n) is 6.62. The summed E-state index contributed by atoms with van der Waals surface area (Å²) in [5, 5.41) is 12.6. The van der Waals surface area contributed by atoms with E-state index in [0.717, 1.165) is 10.8 Å². The van der Waals surface area contributed by atoms with Crippen molar-refractivity contribution >= 4 is 28.4 Å². The molecular weight excluding hydrogens is 370 g/mol. The molecule has 4 heteroatoms. The molecule has 4 aromatic rings. The van der Waals surface area contributed by atoms with Crippen molar-refractivity contribution in [1.29, 1.82) is 0 Å². The molecule has 0 radical (unpaired) electrons. The van der Waals surface area contributed by atoms with Gasteiger partial charge in [0.15, 0.2) is 5.66 Å². The van der Waals surface area contributed by atoms with E-state index >= 15 is 0 Å². The molecule has 1 unspecified atom stereocenters. The molecular formula is C26H25N3O. The molecule has 3 aromatic carbocycles. The maximum Gasteiger partial charge on any atom is 0.162 e. The van der Waals surface area contributed by atoms with Crippen molar-refractivity contribution in [2.75, 3.05) is 11.9 Å². The summed E-state index contributed by atoms with van der Waals surface area (Å²) in [6.45, 7) is 4.51. The average Bonchev–Trinajstić information content (AvgIpc) is 3.34. The van der Waals surface area contributed by atoms with Crippen molar-refractivity contribution in [2.24, 2.45) is 4.99 Å². The lowest BCUT2D eigenvalue weighted by atomic mass is 9.76. The molecule has 1 aliphatic heterocycles. The SMILES string of the molecule is CN1c2ccccc2C(C)(C)C1(C=Nc1c(O)ccc2ccccc12)n1cccc1. The number of nitrogens with zero attached hydrogens (tertiary/aromatic N) is 3. The quantitative estimate of drug-likeness (QED) is 0.443. The fourth-order valence-electron chi connectivity index (χ4n) is 5.00. The second kappa shape index (κ2) is 6.49. The molecule has 1 N–H and O–H groups in total. The predicted molar refractivity (Wildman–Crippen MR) is 124 cm³/mol. The molecule has 1 aliphatic rings. The lowest BCUT2D eigenvalue weighted by molar-refractivity contribution is 0.269. The highest BCUT2D eigenvalue weighted by atomic mass is 16.3. The number of likely N-dealkylation sites (N-methyl/N-ethyl adjacent to an activating group) is 1. The minimum atomic E-state index is -0.566. The summed E-state index contributed by atoms with van der Waals surface area (Å²) < 4.78 is 2.21. The maximum atomic E-state index is 10.6. The molecule has 0 fully saturated rings. The molecule has 0 saturated heterocycles. The number of rotatable bonds is 3. The Bertz CT molecular complexity index is 1260. The number of hydrogen-bond acceptors (Lipinski definition) is 3. The van der Waals surface area contributed by atoms with Crippen LogP contribution in [0.2, 0.25) is 0 Å². The minimum Gasteiger partial charge on any atom is -0.506 e. The third-order valence-corrected chi connectivity index (χ3v) is 6.62. The minimum absolute atomic E-state index is 0.184. The number of anilines is 1. The molecule has 4 nitrogen and oxygen atoms in total. The van der Waals surface area contributed by atoms with Crippen molar-refractivity contribution < 1.29 is 5.11 Å². The first-order valence-electron chi connectivity index (χ1n) is 10.2. The maximum absolute atomic E-state index is 10.6. The molecule has 2 heterocycles. The zero-order valence-electron chi connectivity index (χ0n) is 17.4. The van der Waals surface area contributed by atoms with Crippen molar-refractivity contribution in [3.63, 3.8) is 0 Å². The van der Waals surface area contributed by atoms with E-state index in [9.17, 15) is 5.11 Å². The van der Waals surface area contributed by atoms with E-state index in [4.69, 9.17) is 4.99 Å². The fraction of sp³-hybridized carbons (Fsp3) is 0.192. The van der Waals surface area contributed by atoms with Crippen LogP contribution in [-0.4, -0.2) is 22.9 Å². The number of aromatic hydroxyl groups is 1. The molecule has 1 aromatic heterocycles. The van der Waals surface area contributed by atoms with Gasteiger partial charge in [-0.05, 0) is 35.2 Å². The molecule has 1 atom stereocenters. The van der Waals surface area contributed by atoms with Crippen LogP contribution in [0.3, 0.4) is 0 Å². The summed E-state index contributed by atoms with van der Waals surface area (Å²) in [7, 11) is 2.11. The molecule has 0 amide bonds. The van der Waals surface area contributed by atoms with Crippen molar-refractivity contribution in [2.45, 2.75) is 24.9 Å². The smallest absolute Gasteiger partial charge is 0.162 e. The summed E-state index contributed by atoms with van der Waals surface area (Å²) in [6.07, 6.45) is 6.16. The summed E-state index contributed by atoms with van der Waals surface area (Å²) >= 11 is 0. The lowest BCUT2D eigenvalue weighted by Crippen LogP contribution is -2.57. The fourth-order valence-corrected chi connectivity index (χ4v) is 5.00. The van der Waals surface area contributed by atoms with Gasteiger partial charge >= 0.3 is 0 Å². The van der Waals surface area contributed by atoms with Gasteiger partial charge in [0.25, 0.3) is 0 Å². The van der Waals surface area contributed by atoms with Crippen LogP contribution < -0.4 is 4.90 Å². The monoisotopic (exact) mass is 395 g/mol. The highest BCUT2D eigenvalue weighted by Gasteiger charge is 2.56. The van der Waals surface area contributed by atoms with E-state index in [0.29, 0.717) is 5.69 Å². The van der Waals surface area contributed by atoms with E-state index < -0.39 is 5.66 Å². The van der Waals surface area contributed by atoms with Gasteiger partial charge < -0.3 is 14.6 Å². The standard InChI is InChI=1S/C26H25N3O/c1-25(2)21-12-6-7-13-22(21)28(3)26(25,29-16-8-9-17-29)18-27-24-20-11-5-4-10-19(20)14-15-23(24)30/h4-18,30H,1-3H3. The Hall–Kier alpha value is -3.53. The first-order valence-corrected chi connectivity index (χ1v) is 10.2. The normalized spacial score (nSPS) is 20.2. The molecule has 0 bridgehead atoms. The Kier molecular flexibility index (Phi) is 4.00. The van der Waals surface area contributed by atoms with Gasteiger partial charge in [-0.2, -0.15) is 0 Å². The lowest BCUT2D eigenvalue weighted by Gasteiger charge is -2.45. The number of para-hydroxylation sites is 1. The topological polar surface area (TPSA) is 40.8 Å². The van der Waals surface area contributed by atoms with Crippen molar-refractivity contribution in [1.82, 2.24) is 4.57 Å². The van der Waals surface area contributed by atoms with Gasteiger partial charge in [0.2, 0.25) is 0 Å². The van der Waals surface area contributed by atoms with E-state index in [1.807, 2.05) is 48.7 Å². The molecule has 30 heavy (non-hydrogen) atoms. The molecule has 0 saturated carbocycles. The van der Waals surface area contributed by atoms with E-state index in [1.165, 1.54) is 11.3 Å². The third kappa shape index (κ3) is 2.37. The van der Waals surface area contributed by atoms with Crippen LogP contribution in [0.15, 0.2) is 90.2 Å². The molecule has 150 valence electrons. The average molecular weight is 396 g/mol. The molecule has 0 aliphatic carbocycles. The zero-order valence-corrected chi connectivity index (χ0v) is 17.4. The summed E-state index contributed by atoms with van der Waals surface area (Å²) in [6, 6.07) is 24.3. The zero-order chi connectivity index (χ0) is 20.9. The van der Waals surface area contributed by atoms with Gasteiger partial charge in [0.1, 0.15) is 11.4 Å². The number of phenols is 1. The van der Waals surface area contributed by atoms with Crippen molar-refractivity contribution in [3.05, 3.63) is 90.8 Å². The largest absolute Gasteiger partial charge is 0.506 e. The Morgan fingerprint density at radius 1 is 0.867 bits per heavy atom. The summed E-state index contributed by atoms with van der Waals surface area (Å²) in [4.78, 5) is 7.22. The van der Waals surface area contributed by atoms with Crippen LogP contribution in [0.5, 0.6) is 5.75 Å². The Morgan fingerprint density at radius 3 is 2.33 bits per heavy atom. The van der Waals surface area contributed by atoms with Crippen LogP contribution in [-0.2, 0) is 11.1 Å². The van der Waals surface area contributed by atoms with Gasteiger partial charge in [-0.1, -0.05) is 62.4 Å². The highest BCUT2D eigenvalue weighted by molar-refractivity contribution is 5.97. The second-order valence-corrected chi connectivity index (χ2v) is 8.43. The molecule has 0 spiro atoms. The number of hydrogen-bond donors (Lipinski definition) is 1. The number of phenolic OH excluding ortho intramolecular Hbond substituents is 1. The van der Waals surface area contributed by atoms with E-state index in [-0.39, 0.29) is 11.2 Å². The predicted octanol–water partition coefficient (Wildman–Crippen LogP) is 5.83. The van der Waals surface area contributed by atoms with Crippen LogP contribution in [0.1, 0.15) is 19.4 Å². The second-order valence-electron chi connectivity index (χ2n) is 8.43. The van der Waals surface area contributed by atoms with Crippen molar-refractivity contribution in [3.8, 4) is 5.75 Å². The van der Waals surface area contributed by atoms with Gasteiger partial charge in [-0.25, -0.2) is 0 Å². The van der Waals surface area contributed by atoms with Crippen LogP contribution in [0, 0.1) is 0 Å². The number of aliphatic imine (C=N–C) groups is 1. The van der Waals surface area contributed by atoms with Crippen LogP contribution in [0.25, 0.3) is 10.8 Å². The molecule has 5 rings (SSSR count). The number of fused-ring (bicyclic) bond motifs is 2. The van der Waals surface area contributed by atoms with Gasteiger partial charge in [-0.15, -0.1) is 0 Å². The Morgan fingerprint density at radius 2 is 1.57 bits per heavy atom. The first kappa shape index (κ1) is 18.5. The summed E-state index contributed by atoms with van der Waals surface area (Å²) in [5.74, 6) is 0.184.